The summed E-state index contributed by atoms with van der Waals surface area (Å²) in [7, 11) is 1.19. The molecule has 0 aliphatic carbocycles. The van der Waals surface area contributed by atoms with E-state index in [-0.39, 0.29) is 29.6 Å². The van der Waals surface area contributed by atoms with Crippen molar-refractivity contribution in [3.05, 3.63) is 28.3 Å². The van der Waals surface area contributed by atoms with Crippen LogP contribution in [0.15, 0.2) is 18.2 Å². The van der Waals surface area contributed by atoms with E-state index in [1.54, 1.807) is 0 Å². The Kier molecular flexibility index (Phi) is 5.98. The van der Waals surface area contributed by atoms with Crippen LogP contribution in [-0.4, -0.2) is 53.4 Å². The molecular weight excluding hydrogens is 332 g/mol. The van der Waals surface area contributed by atoms with Gasteiger partial charge in [-0.3, -0.25) is 15.4 Å². The lowest BCUT2D eigenvalue weighted by atomic mass is 10.0. The second-order valence-corrected chi connectivity index (χ2v) is 5.61. The molecule has 0 spiro atoms. The van der Waals surface area contributed by atoms with Crippen molar-refractivity contribution < 1.29 is 24.4 Å². The third kappa shape index (κ3) is 4.72. The van der Waals surface area contributed by atoms with Crippen molar-refractivity contribution in [2.45, 2.75) is 25.3 Å². The zero-order valence-corrected chi connectivity index (χ0v) is 13.7. The number of carbonyl (C=O) groups excluding carboxylic acids is 1. The topological polar surface area (TPSA) is 134 Å². The highest BCUT2D eigenvalue weighted by molar-refractivity contribution is 5.86. The van der Waals surface area contributed by atoms with Crippen molar-refractivity contribution in [1.29, 1.82) is 0 Å². The van der Waals surface area contributed by atoms with Crippen molar-refractivity contribution in [2.75, 3.05) is 30.8 Å². The molecule has 1 atom stereocenters. The second kappa shape index (κ2) is 8.18. The van der Waals surface area contributed by atoms with Crippen molar-refractivity contribution in [3.8, 4) is 0 Å². The Labute approximate surface area is 143 Å². The standard InChI is InChI=1S/C15H20N4O6/c1-25-14(20)17-10-5-6-12(13(8-10)19(23)24)16-9-11-4-2-3-7-18(11)15(21)22/h5-6,8,11,16H,2-4,7,9H2,1H3,(H,17,20)(H,21,22). The molecule has 136 valence electrons. The molecule has 0 aromatic heterocycles. The second-order valence-electron chi connectivity index (χ2n) is 5.61. The fourth-order valence-corrected chi connectivity index (χ4v) is 2.77. The molecule has 2 amide bonds. The number of nitro groups is 1. The molecule has 1 aromatic rings. The molecule has 0 saturated carbocycles. The third-order valence-corrected chi connectivity index (χ3v) is 4.03. The van der Waals surface area contributed by atoms with Gasteiger partial charge in [-0.25, -0.2) is 9.59 Å². The highest BCUT2D eigenvalue weighted by Crippen LogP contribution is 2.28. The average molecular weight is 352 g/mol. The molecule has 1 heterocycles. The van der Waals surface area contributed by atoms with Crippen LogP contribution in [0.25, 0.3) is 0 Å². The van der Waals surface area contributed by atoms with Gasteiger partial charge in [0.2, 0.25) is 0 Å². The number of nitrogens with one attached hydrogen (secondary N) is 2. The molecule has 1 unspecified atom stereocenters. The molecule has 0 bridgehead atoms. The summed E-state index contributed by atoms with van der Waals surface area (Å²) in [5.41, 5.74) is 0.275. The van der Waals surface area contributed by atoms with Gasteiger partial charge in [-0.15, -0.1) is 0 Å². The van der Waals surface area contributed by atoms with Crippen molar-refractivity contribution >= 4 is 29.2 Å². The zero-order valence-electron chi connectivity index (χ0n) is 13.7. The van der Waals surface area contributed by atoms with Gasteiger partial charge in [0, 0.05) is 19.2 Å². The zero-order chi connectivity index (χ0) is 18.4. The minimum absolute atomic E-state index is 0.216. The Morgan fingerprint density at radius 3 is 2.84 bits per heavy atom. The first-order valence-corrected chi connectivity index (χ1v) is 7.79. The van der Waals surface area contributed by atoms with Gasteiger partial charge < -0.3 is 20.1 Å². The van der Waals surface area contributed by atoms with E-state index in [1.165, 1.54) is 30.2 Å². The van der Waals surface area contributed by atoms with Crippen LogP contribution < -0.4 is 10.6 Å². The lowest BCUT2D eigenvalue weighted by molar-refractivity contribution is -0.383. The first-order valence-electron chi connectivity index (χ1n) is 7.79. The number of hydrogen-bond donors (Lipinski definition) is 3. The number of benzene rings is 1. The summed E-state index contributed by atoms with van der Waals surface area (Å²) in [6.45, 7) is 0.739. The maximum Gasteiger partial charge on any atom is 0.411 e. The van der Waals surface area contributed by atoms with Crippen LogP contribution in [0.3, 0.4) is 0 Å². The van der Waals surface area contributed by atoms with Gasteiger partial charge >= 0.3 is 12.2 Å². The van der Waals surface area contributed by atoms with E-state index in [1.807, 2.05) is 0 Å². The molecule has 1 saturated heterocycles. The molecule has 1 fully saturated rings. The van der Waals surface area contributed by atoms with Gasteiger partial charge in [0.15, 0.2) is 0 Å². The van der Waals surface area contributed by atoms with Crippen LogP contribution in [-0.2, 0) is 4.74 Å². The fraction of sp³-hybridized carbons (Fsp3) is 0.467. The SMILES string of the molecule is COC(=O)Nc1ccc(NCC2CCCCN2C(=O)O)c([N+](=O)[O-])c1. The number of nitrogens with zero attached hydrogens (tertiary/aromatic N) is 2. The Hall–Kier alpha value is -3.04. The van der Waals surface area contributed by atoms with Gasteiger partial charge in [-0.1, -0.05) is 0 Å². The molecule has 10 nitrogen and oxygen atoms in total. The van der Waals surface area contributed by atoms with Crippen LogP contribution in [0.4, 0.5) is 26.7 Å². The Morgan fingerprint density at radius 1 is 1.44 bits per heavy atom. The summed E-state index contributed by atoms with van der Waals surface area (Å²) >= 11 is 0. The monoisotopic (exact) mass is 352 g/mol. The first kappa shape index (κ1) is 18.3. The minimum atomic E-state index is -0.987. The number of carboxylic acid groups (broad SMARTS) is 1. The number of likely N-dealkylation sites (tertiary alicyclic amines) is 1. The molecule has 1 aliphatic rings. The average Bonchev–Trinajstić information content (AvgIpc) is 2.60. The van der Waals surface area contributed by atoms with E-state index >= 15 is 0 Å². The largest absolute Gasteiger partial charge is 0.465 e. The predicted octanol–water partition coefficient (Wildman–Crippen LogP) is 2.72. The number of carbonyl (C=O) groups is 2. The maximum absolute atomic E-state index is 11.3. The van der Waals surface area contributed by atoms with Gasteiger partial charge in [-0.05, 0) is 31.4 Å². The number of nitro benzene ring substituents is 1. The number of amides is 2. The van der Waals surface area contributed by atoms with Crippen LogP contribution in [0.1, 0.15) is 19.3 Å². The Bertz CT molecular complexity index is 665. The number of anilines is 2. The van der Waals surface area contributed by atoms with Gasteiger partial charge in [-0.2, -0.15) is 0 Å². The minimum Gasteiger partial charge on any atom is -0.465 e. The summed E-state index contributed by atoms with van der Waals surface area (Å²) in [4.78, 5) is 34.5. The van der Waals surface area contributed by atoms with Crippen LogP contribution >= 0.6 is 0 Å². The summed E-state index contributed by atoms with van der Waals surface area (Å²) in [5, 5.41) is 25.8. The summed E-state index contributed by atoms with van der Waals surface area (Å²) in [6, 6.07) is 3.95. The fourth-order valence-electron chi connectivity index (χ4n) is 2.77. The van der Waals surface area contributed by atoms with E-state index in [4.69, 9.17) is 0 Å². The number of methoxy groups -OCH3 is 1. The highest BCUT2D eigenvalue weighted by atomic mass is 16.6. The van der Waals surface area contributed by atoms with E-state index in [0.29, 0.717) is 13.0 Å². The molecule has 10 heteroatoms. The number of ether oxygens (including phenoxy) is 1. The number of rotatable bonds is 5. The number of hydrogen-bond acceptors (Lipinski definition) is 6. The Balaban J connectivity index is 2.11. The van der Waals surface area contributed by atoms with Crippen molar-refractivity contribution in [2.24, 2.45) is 0 Å². The van der Waals surface area contributed by atoms with Crippen LogP contribution in [0.2, 0.25) is 0 Å². The molecule has 2 rings (SSSR count). The third-order valence-electron chi connectivity index (χ3n) is 4.03. The quantitative estimate of drug-likeness (QED) is 0.548. The smallest absolute Gasteiger partial charge is 0.411 e. The highest BCUT2D eigenvalue weighted by Gasteiger charge is 2.27. The normalized spacial score (nSPS) is 16.8. The summed E-state index contributed by atoms with van der Waals surface area (Å²) < 4.78 is 4.45. The lowest BCUT2D eigenvalue weighted by Crippen LogP contribution is -2.46. The molecule has 1 aromatic carbocycles. The maximum atomic E-state index is 11.3. The van der Waals surface area contributed by atoms with Crippen LogP contribution in [0.5, 0.6) is 0 Å². The van der Waals surface area contributed by atoms with Crippen LogP contribution in [0, 0.1) is 10.1 Å². The molecule has 1 aliphatic heterocycles. The molecule has 0 radical (unpaired) electrons. The summed E-state index contributed by atoms with van der Waals surface area (Å²) in [5.74, 6) is 0. The molecule has 25 heavy (non-hydrogen) atoms. The van der Waals surface area contributed by atoms with Gasteiger partial charge in [0.25, 0.3) is 5.69 Å². The van der Waals surface area contributed by atoms with Crippen molar-refractivity contribution in [1.82, 2.24) is 4.90 Å². The van der Waals surface area contributed by atoms with Gasteiger partial charge in [0.1, 0.15) is 5.69 Å². The van der Waals surface area contributed by atoms with E-state index in [9.17, 15) is 24.8 Å². The van der Waals surface area contributed by atoms with Crippen molar-refractivity contribution in [3.63, 3.8) is 0 Å². The van der Waals surface area contributed by atoms with E-state index in [2.05, 4.69) is 15.4 Å². The first-order chi connectivity index (χ1) is 11.9. The van der Waals surface area contributed by atoms with E-state index < -0.39 is 17.1 Å². The predicted molar refractivity (Wildman–Crippen MR) is 90.0 cm³/mol. The van der Waals surface area contributed by atoms with Gasteiger partial charge in [0.05, 0.1) is 23.8 Å². The van der Waals surface area contributed by atoms with E-state index in [0.717, 1.165) is 12.8 Å². The number of piperidine rings is 1. The Morgan fingerprint density at radius 2 is 2.20 bits per heavy atom. The summed E-state index contributed by atoms with van der Waals surface area (Å²) in [6.07, 6.45) is 0.722. The lowest BCUT2D eigenvalue weighted by Gasteiger charge is -2.33. The molecular formula is C15H20N4O6. The molecule has 3 N–H and O–H groups in total.